The number of nitrogens with one attached hydrogen (secondary N) is 1. The normalized spacial score (nSPS) is 12.6. The van der Waals surface area contributed by atoms with Crippen LogP contribution in [0.3, 0.4) is 0 Å². The monoisotopic (exact) mass is 500 g/mol. The highest BCUT2D eigenvalue weighted by Crippen LogP contribution is 2.32. The first kappa shape index (κ1) is 24.4. The summed E-state index contributed by atoms with van der Waals surface area (Å²) in [6, 6.07) is 15.4. The van der Waals surface area contributed by atoms with E-state index >= 15 is 0 Å². The molecule has 0 aliphatic carbocycles. The number of pyridine rings is 1. The Balaban J connectivity index is 1.36. The number of imidazole rings is 1. The average molecular weight is 501 g/mol. The van der Waals surface area contributed by atoms with E-state index in [9.17, 15) is 4.79 Å². The second kappa shape index (κ2) is 10.3. The third-order valence-corrected chi connectivity index (χ3v) is 7.72. The predicted octanol–water partition coefficient (Wildman–Crippen LogP) is 5.91. The number of rotatable bonds is 7. The Labute approximate surface area is 216 Å². The first-order chi connectivity index (χ1) is 17.4. The molecule has 5 rings (SSSR count). The van der Waals surface area contributed by atoms with Crippen LogP contribution in [0.15, 0.2) is 42.5 Å². The van der Waals surface area contributed by atoms with Crippen LogP contribution in [0.25, 0.3) is 11.2 Å². The van der Waals surface area contributed by atoms with E-state index in [1.54, 1.807) is 11.8 Å². The Hall–Kier alpha value is -3.32. The molecular formula is C29H32N4O2S. The van der Waals surface area contributed by atoms with E-state index in [4.69, 9.17) is 14.7 Å². The van der Waals surface area contributed by atoms with E-state index in [0.717, 1.165) is 59.9 Å². The van der Waals surface area contributed by atoms with Crippen LogP contribution >= 0.6 is 11.8 Å². The number of esters is 1. The Kier molecular flexibility index (Phi) is 7.01. The van der Waals surface area contributed by atoms with Crippen molar-refractivity contribution in [2.45, 2.75) is 52.3 Å². The van der Waals surface area contributed by atoms with Gasteiger partial charge in [-0.1, -0.05) is 31.2 Å². The highest BCUT2D eigenvalue weighted by molar-refractivity contribution is 7.99. The first-order valence-corrected chi connectivity index (χ1v) is 13.6. The molecule has 1 N–H and O–H groups in total. The number of aryl methyl sites for hydroxylation is 5. The number of fused-ring (bicyclic) bond motifs is 3. The molecule has 0 saturated carbocycles. The van der Waals surface area contributed by atoms with Crippen LogP contribution < -0.4 is 5.32 Å². The molecule has 0 spiro atoms. The van der Waals surface area contributed by atoms with Gasteiger partial charge in [-0.2, -0.15) is 0 Å². The van der Waals surface area contributed by atoms with Crippen LogP contribution in [0.1, 0.15) is 46.3 Å². The molecule has 0 bridgehead atoms. The van der Waals surface area contributed by atoms with Gasteiger partial charge >= 0.3 is 5.97 Å². The number of nitrogens with zero attached hydrogens (tertiary/aromatic N) is 3. The highest BCUT2D eigenvalue weighted by Gasteiger charge is 2.17. The van der Waals surface area contributed by atoms with Crippen molar-refractivity contribution >= 4 is 40.3 Å². The van der Waals surface area contributed by atoms with Crippen LogP contribution in [0.2, 0.25) is 0 Å². The molecule has 0 radical (unpaired) electrons. The maximum absolute atomic E-state index is 11.4. The lowest BCUT2D eigenvalue weighted by Gasteiger charge is -2.13. The lowest BCUT2D eigenvalue weighted by molar-refractivity contribution is -0.137. The van der Waals surface area contributed by atoms with Crippen molar-refractivity contribution in [2.24, 2.45) is 0 Å². The van der Waals surface area contributed by atoms with E-state index < -0.39 is 0 Å². The molecule has 1 aliphatic heterocycles. The van der Waals surface area contributed by atoms with Gasteiger partial charge in [0.25, 0.3) is 0 Å². The maximum atomic E-state index is 11.4. The van der Waals surface area contributed by atoms with Gasteiger partial charge in [0, 0.05) is 29.2 Å². The standard InChI is InChI=1S/C29H32N4O2S/c1-5-26-32-28-18(2)12-19(3)30-29(28)33(26)15-20-6-10-24-22(13-20)8-9-23-14-21(7-11-25(23)31-24)16-36-17-27(34)35-4/h6-7,10-14,31H,5,8-9,15-17H2,1-4H3. The second-order valence-corrected chi connectivity index (χ2v) is 10.4. The van der Waals surface area contributed by atoms with Crippen molar-refractivity contribution in [2.75, 3.05) is 18.2 Å². The van der Waals surface area contributed by atoms with E-state index in [1.165, 1.54) is 40.6 Å². The van der Waals surface area contributed by atoms with Gasteiger partial charge in [-0.3, -0.25) is 4.79 Å². The summed E-state index contributed by atoms with van der Waals surface area (Å²) in [5, 5.41) is 3.65. The predicted molar refractivity (Wildman–Crippen MR) is 147 cm³/mol. The molecule has 0 fully saturated rings. The van der Waals surface area contributed by atoms with E-state index in [1.807, 2.05) is 6.92 Å². The molecule has 3 heterocycles. The molecule has 0 amide bonds. The number of anilines is 2. The second-order valence-electron chi connectivity index (χ2n) is 9.40. The first-order valence-electron chi connectivity index (χ1n) is 12.4. The molecule has 2 aromatic carbocycles. The van der Waals surface area contributed by atoms with Gasteiger partial charge in [0.1, 0.15) is 11.3 Å². The molecule has 0 saturated heterocycles. The van der Waals surface area contributed by atoms with Crippen molar-refractivity contribution in [3.63, 3.8) is 0 Å². The van der Waals surface area contributed by atoms with Gasteiger partial charge in [-0.15, -0.1) is 11.8 Å². The topological polar surface area (TPSA) is 69.0 Å². The van der Waals surface area contributed by atoms with Gasteiger partial charge in [0.05, 0.1) is 19.4 Å². The van der Waals surface area contributed by atoms with Crippen LogP contribution in [0, 0.1) is 13.8 Å². The van der Waals surface area contributed by atoms with Gasteiger partial charge in [0.15, 0.2) is 5.65 Å². The molecule has 186 valence electrons. The lowest BCUT2D eigenvalue weighted by atomic mass is 10.0. The highest BCUT2D eigenvalue weighted by atomic mass is 32.2. The third kappa shape index (κ3) is 4.98. The van der Waals surface area contributed by atoms with Crippen LogP contribution in [0.5, 0.6) is 0 Å². The number of hydrogen-bond acceptors (Lipinski definition) is 6. The zero-order valence-corrected chi connectivity index (χ0v) is 22.2. The largest absolute Gasteiger partial charge is 0.468 e. The molecule has 7 heteroatoms. The van der Waals surface area contributed by atoms with E-state index in [2.05, 4.69) is 66.2 Å². The smallest absolute Gasteiger partial charge is 0.315 e. The molecule has 36 heavy (non-hydrogen) atoms. The van der Waals surface area contributed by atoms with Crippen molar-refractivity contribution in [3.05, 3.63) is 81.8 Å². The number of methoxy groups -OCH3 is 1. The Bertz CT molecular complexity index is 1440. The minimum Gasteiger partial charge on any atom is -0.468 e. The zero-order chi connectivity index (χ0) is 25.2. The fourth-order valence-electron chi connectivity index (χ4n) is 4.93. The van der Waals surface area contributed by atoms with E-state index in [-0.39, 0.29) is 5.97 Å². The fraction of sp³-hybridized carbons (Fsp3) is 0.345. The summed E-state index contributed by atoms with van der Waals surface area (Å²) in [6.07, 6.45) is 2.82. The maximum Gasteiger partial charge on any atom is 0.315 e. The summed E-state index contributed by atoms with van der Waals surface area (Å²) in [6.45, 7) is 7.07. The molecule has 6 nitrogen and oxygen atoms in total. The number of benzene rings is 2. The van der Waals surface area contributed by atoms with Crippen LogP contribution in [-0.2, 0) is 41.1 Å². The quantitative estimate of drug-likeness (QED) is 0.318. The summed E-state index contributed by atoms with van der Waals surface area (Å²) in [5.74, 6) is 2.06. The van der Waals surface area contributed by atoms with Gasteiger partial charge < -0.3 is 14.6 Å². The Morgan fingerprint density at radius 2 is 1.72 bits per heavy atom. The number of carbonyl (C=O) groups excluding carboxylic acids is 1. The van der Waals surface area contributed by atoms with Crippen LogP contribution in [-0.4, -0.2) is 33.4 Å². The van der Waals surface area contributed by atoms with Crippen molar-refractivity contribution < 1.29 is 9.53 Å². The third-order valence-electron chi connectivity index (χ3n) is 6.75. The molecule has 2 aromatic heterocycles. The number of aromatic nitrogens is 3. The number of thioether (sulfide) groups is 1. The molecule has 1 aliphatic rings. The summed E-state index contributed by atoms with van der Waals surface area (Å²) < 4.78 is 7.01. The van der Waals surface area contributed by atoms with Crippen molar-refractivity contribution in [3.8, 4) is 0 Å². The Morgan fingerprint density at radius 1 is 1.03 bits per heavy atom. The summed E-state index contributed by atoms with van der Waals surface area (Å²) in [5.41, 5.74) is 11.6. The number of hydrogen-bond donors (Lipinski definition) is 1. The number of carbonyl (C=O) groups is 1. The molecular weight excluding hydrogens is 468 g/mol. The molecule has 4 aromatic rings. The van der Waals surface area contributed by atoms with Gasteiger partial charge in [-0.25, -0.2) is 9.97 Å². The Morgan fingerprint density at radius 3 is 2.42 bits per heavy atom. The van der Waals surface area contributed by atoms with E-state index in [0.29, 0.717) is 5.75 Å². The van der Waals surface area contributed by atoms with Crippen LogP contribution in [0.4, 0.5) is 11.4 Å². The summed E-state index contributed by atoms with van der Waals surface area (Å²) >= 11 is 1.58. The summed E-state index contributed by atoms with van der Waals surface area (Å²) in [4.78, 5) is 21.1. The SMILES string of the molecule is CCc1nc2c(C)cc(C)nc2n1Cc1ccc2c(c1)CCc1cc(CSCC(=O)OC)ccc1N2. The van der Waals surface area contributed by atoms with Crippen molar-refractivity contribution in [1.82, 2.24) is 14.5 Å². The molecule has 0 atom stereocenters. The average Bonchev–Trinajstić information content (AvgIpc) is 3.11. The number of ether oxygens (including phenoxy) is 1. The van der Waals surface area contributed by atoms with Gasteiger partial charge in [-0.05, 0) is 72.7 Å². The van der Waals surface area contributed by atoms with Gasteiger partial charge in [0.2, 0.25) is 0 Å². The van der Waals surface area contributed by atoms with Crippen molar-refractivity contribution in [1.29, 1.82) is 0 Å². The lowest BCUT2D eigenvalue weighted by Crippen LogP contribution is -2.06. The minimum atomic E-state index is -0.182. The fourth-order valence-corrected chi connectivity index (χ4v) is 5.73. The minimum absolute atomic E-state index is 0.182. The summed E-state index contributed by atoms with van der Waals surface area (Å²) in [7, 11) is 1.43. The zero-order valence-electron chi connectivity index (χ0n) is 21.4. The molecule has 0 unspecified atom stereocenters.